The molecule has 0 N–H and O–H groups in total. The van der Waals surface area contributed by atoms with Crippen molar-refractivity contribution >= 4 is 26.8 Å². The van der Waals surface area contributed by atoms with E-state index in [0.717, 1.165) is 34.9 Å². The van der Waals surface area contributed by atoms with E-state index in [1.165, 1.54) is 5.56 Å². The summed E-state index contributed by atoms with van der Waals surface area (Å²) in [6, 6.07) is 15.6. The van der Waals surface area contributed by atoms with E-state index in [9.17, 15) is 13.2 Å². The normalized spacial score (nSPS) is 21.1. The molecule has 8 heteroatoms. The number of morpholine rings is 1. The molecule has 0 radical (unpaired) electrons. The van der Waals surface area contributed by atoms with Crippen LogP contribution < -0.4 is 0 Å². The van der Waals surface area contributed by atoms with Gasteiger partial charge in [-0.3, -0.25) is 9.78 Å². The van der Waals surface area contributed by atoms with Crippen molar-refractivity contribution < 1.29 is 17.9 Å². The maximum atomic E-state index is 13.4. The minimum absolute atomic E-state index is 0.0607. The third kappa shape index (κ3) is 4.13. The number of aromatic nitrogens is 1. The van der Waals surface area contributed by atoms with Gasteiger partial charge in [0.2, 0.25) is 15.9 Å². The SMILES string of the molecule is Cc1ccnc2cc(-c3ccc(S(=O)(=O)N4CCC5(CC4)CN(C4CC4)C(=O)CO5)cc3)ccc12. The molecule has 0 bridgehead atoms. The Morgan fingerprint density at radius 1 is 1.00 bits per heavy atom. The quantitative estimate of drug-likeness (QED) is 0.555. The van der Waals surface area contributed by atoms with Gasteiger partial charge in [0.25, 0.3) is 0 Å². The highest BCUT2D eigenvalue weighted by molar-refractivity contribution is 7.89. The molecule has 7 nitrogen and oxygen atoms in total. The number of piperidine rings is 1. The smallest absolute Gasteiger partial charge is 0.248 e. The van der Waals surface area contributed by atoms with E-state index in [4.69, 9.17) is 4.74 Å². The summed E-state index contributed by atoms with van der Waals surface area (Å²) in [6.07, 6.45) is 5.13. The molecule has 3 heterocycles. The lowest BCUT2D eigenvalue weighted by atomic mass is 9.90. The van der Waals surface area contributed by atoms with E-state index in [0.29, 0.717) is 43.4 Å². The number of nitrogens with zero attached hydrogens (tertiary/aromatic N) is 3. The summed E-state index contributed by atoms with van der Waals surface area (Å²) in [7, 11) is -3.60. The first-order valence-corrected chi connectivity index (χ1v) is 13.7. The molecule has 2 saturated heterocycles. The molecule has 0 unspecified atom stereocenters. The van der Waals surface area contributed by atoms with Crippen LogP contribution in [0.2, 0.25) is 0 Å². The first-order chi connectivity index (χ1) is 16.8. The van der Waals surface area contributed by atoms with Crippen LogP contribution in [0.15, 0.2) is 59.6 Å². The summed E-state index contributed by atoms with van der Waals surface area (Å²) in [5.74, 6) is 0.0607. The molecule has 1 amide bonds. The number of sulfonamides is 1. The summed E-state index contributed by atoms with van der Waals surface area (Å²) < 4.78 is 34.3. The van der Waals surface area contributed by atoms with E-state index in [2.05, 4.69) is 18.0 Å². The Labute approximate surface area is 205 Å². The first kappa shape index (κ1) is 22.6. The predicted octanol–water partition coefficient (Wildman–Crippen LogP) is 3.75. The molecule has 1 aliphatic carbocycles. The highest BCUT2D eigenvalue weighted by Crippen LogP contribution is 2.37. The number of rotatable bonds is 4. The molecule has 2 aliphatic heterocycles. The zero-order valence-corrected chi connectivity index (χ0v) is 20.6. The van der Waals surface area contributed by atoms with Gasteiger partial charge in [-0.15, -0.1) is 0 Å². The minimum atomic E-state index is -3.60. The Bertz CT molecular complexity index is 1390. The molecular formula is C27H29N3O4S. The Morgan fingerprint density at radius 3 is 2.43 bits per heavy atom. The molecular weight excluding hydrogens is 462 g/mol. The number of pyridine rings is 1. The number of hydrogen-bond acceptors (Lipinski definition) is 5. The van der Waals surface area contributed by atoms with Crippen LogP contribution in [-0.4, -0.2) is 66.4 Å². The summed E-state index contributed by atoms with van der Waals surface area (Å²) >= 11 is 0. The Hall–Kier alpha value is -2.81. The molecule has 6 rings (SSSR count). The number of hydrogen-bond donors (Lipinski definition) is 0. The number of aryl methyl sites for hydroxylation is 1. The van der Waals surface area contributed by atoms with Gasteiger partial charge < -0.3 is 9.64 Å². The molecule has 3 fully saturated rings. The maximum absolute atomic E-state index is 13.4. The van der Waals surface area contributed by atoms with Crippen LogP contribution >= 0.6 is 0 Å². The molecule has 3 aliphatic rings. The van der Waals surface area contributed by atoms with Crippen LogP contribution in [0.3, 0.4) is 0 Å². The van der Waals surface area contributed by atoms with E-state index in [1.807, 2.05) is 35.2 Å². The van der Waals surface area contributed by atoms with Gasteiger partial charge in [-0.05, 0) is 73.6 Å². The average Bonchev–Trinajstić information content (AvgIpc) is 3.72. The minimum Gasteiger partial charge on any atom is -0.363 e. The van der Waals surface area contributed by atoms with Gasteiger partial charge in [-0.1, -0.05) is 24.3 Å². The van der Waals surface area contributed by atoms with Gasteiger partial charge >= 0.3 is 0 Å². The molecule has 2 aromatic carbocycles. The summed E-state index contributed by atoms with van der Waals surface area (Å²) in [5, 5.41) is 1.12. The highest BCUT2D eigenvalue weighted by atomic mass is 32.2. The van der Waals surface area contributed by atoms with Crippen LogP contribution in [0, 0.1) is 6.92 Å². The second-order valence-corrected chi connectivity index (χ2v) is 12.0. The lowest BCUT2D eigenvalue weighted by Crippen LogP contribution is -2.59. The van der Waals surface area contributed by atoms with E-state index in [-0.39, 0.29) is 12.5 Å². The lowest BCUT2D eigenvalue weighted by Gasteiger charge is -2.46. The fourth-order valence-electron chi connectivity index (χ4n) is 5.34. The number of ether oxygens (including phenoxy) is 1. The van der Waals surface area contributed by atoms with Gasteiger partial charge in [0.1, 0.15) is 6.61 Å². The second kappa shape index (κ2) is 8.40. The zero-order chi connectivity index (χ0) is 24.2. The van der Waals surface area contributed by atoms with E-state index >= 15 is 0 Å². The van der Waals surface area contributed by atoms with Gasteiger partial charge in [0.15, 0.2) is 0 Å². The Kier molecular flexibility index (Phi) is 5.43. The average molecular weight is 492 g/mol. The predicted molar refractivity (Wildman–Crippen MR) is 133 cm³/mol. The number of amides is 1. The van der Waals surface area contributed by atoms with Crippen molar-refractivity contribution in [1.29, 1.82) is 0 Å². The zero-order valence-electron chi connectivity index (χ0n) is 19.8. The fraction of sp³-hybridized carbons (Fsp3) is 0.407. The van der Waals surface area contributed by atoms with Crippen molar-refractivity contribution in [2.75, 3.05) is 26.2 Å². The monoisotopic (exact) mass is 491 g/mol. The van der Waals surface area contributed by atoms with Gasteiger partial charge in [0, 0.05) is 30.7 Å². The maximum Gasteiger partial charge on any atom is 0.248 e. The summed E-state index contributed by atoms with van der Waals surface area (Å²) in [5.41, 5.74) is 3.63. The largest absolute Gasteiger partial charge is 0.363 e. The molecule has 1 spiro atoms. The third-order valence-electron chi connectivity index (χ3n) is 7.69. The third-order valence-corrected chi connectivity index (χ3v) is 9.60. The Morgan fingerprint density at radius 2 is 1.71 bits per heavy atom. The number of benzene rings is 2. The standard InChI is InChI=1S/C27H29N3O4S/c1-19-10-13-28-25-16-21(4-9-24(19)25)20-2-7-23(8-3-20)35(32,33)29-14-11-27(12-15-29)18-30(22-5-6-22)26(31)17-34-27/h2-4,7-10,13,16,22H,5-6,11-12,14-15,17-18H2,1H3. The van der Waals surface area contributed by atoms with Crippen molar-refractivity contribution in [3.05, 3.63) is 60.3 Å². The lowest BCUT2D eigenvalue weighted by molar-refractivity contribution is -0.170. The van der Waals surface area contributed by atoms with Crippen LogP contribution in [-0.2, 0) is 19.6 Å². The summed E-state index contributed by atoms with van der Waals surface area (Å²) in [6.45, 7) is 3.54. The molecule has 1 saturated carbocycles. The number of carbonyl (C=O) groups is 1. The van der Waals surface area contributed by atoms with Gasteiger partial charge in [-0.25, -0.2) is 8.42 Å². The molecule has 1 aromatic heterocycles. The molecule has 0 atom stereocenters. The summed E-state index contributed by atoms with van der Waals surface area (Å²) in [4.78, 5) is 18.9. The number of carbonyl (C=O) groups excluding carboxylic acids is 1. The van der Waals surface area contributed by atoms with E-state index in [1.54, 1.807) is 22.6 Å². The fourth-order valence-corrected chi connectivity index (χ4v) is 6.78. The van der Waals surface area contributed by atoms with Crippen LogP contribution in [0.1, 0.15) is 31.2 Å². The van der Waals surface area contributed by atoms with Gasteiger partial charge in [-0.2, -0.15) is 4.31 Å². The first-order valence-electron chi connectivity index (χ1n) is 12.2. The number of fused-ring (bicyclic) bond motifs is 1. The van der Waals surface area contributed by atoms with Crippen LogP contribution in [0.5, 0.6) is 0 Å². The van der Waals surface area contributed by atoms with Gasteiger partial charge in [0.05, 0.1) is 22.6 Å². The van der Waals surface area contributed by atoms with Crippen molar-refractivity contribution in [2.24, 2.45) is 0 Å². The van der Waals surface area contributed by atoms with Crippen LogP contribution in [0.4, 0.5) is 0 Å². The highest BCUT2D eigenvalue weighted by Gasteiger charge is 2.47. The van der Waals surface area contributed by atoms with E-state index < -0.39 is 15.6 Å². The van der Waals surface area contributed by atoms with Crippen molar-refractivity contribution in [1.82, 2.24) is 14.2 Å². The topological polar surface area (TPSA) is 79.8 Å². The van der Waals surface area contributed by atoms with Crippen molar-refractivity contribution in [3.63, 3.8) is 0 Å². The molecule has 182 valence electrons. The molecule has 35 heavy (non-hydrogen) atoms. The second-order valence-electron chi connectivity index (χ2n) is 10.0. The van der Waals surface area contributed by atoms with Crippen molar-refractivity contribution in [2.45, 2.75) is 49.1 Å². The van der Waals surface area contributed by atoms with Crippen LogP contribution in [0.25, 0.3) is 22.0 Å². The Balaban J connectivity index is 1.17. The molecule has 3 aromatic rings. The van der Waals surface area contributed by atoms with Crippen molar-refractivity contribution in [3.8, 4) is 11.1 Å².